The third-order valence-corrected chi connectivity index (χ3v) is 6.71. The predicted molar refractivity (Wildman–Crippen MR) is 140 cm³/mol. The van der Waals surface area contributed by atoms with Gasteiger partial charge in [-0.2, -0.15) is 5.26 Å². The van der Waals surface area contributed by atoms with E-state index >= 15 is 0 Å². The minimum Gasteiger partial charge on any atom is -0.495 e. The second-order valence-electron chi connectivity index (χ2n) is 8.37. The molecule has 1 aromatic heterocycles. The largest absolute Gasteiger partial charge is 0.495 e. The summed E-state index contributed by atoms with van der Waals surface area (Å²) in [6.07, 6.45) is 6.35. The van der Waals surface area contributed by atoms with E-state index in [2.05, 4.69) is 21.3 Å². The van der Waals surface area contributed by atoms with E-state index in [0.29, 0.717) is 61.7 Å². The number of ether oxygens (including phenoxy) is 3. The van der Waals surface area contributed by atoms with Crippen LogP contribution in [0.1, 0.15) is 31.2 Å². The zero-order valence-electron chi connectivity index (χ0n) is 19.9. The summed E-state index contributed by atoms with van der Waals surface area (Å²) in [4.78, 5) is 6.97. The maximum absolute atomic E-state index is 9.73. The van der Waals surface area contributed by atoms with E-state index < -0.39 is 0 Å². The van der Waals surface area contributed by atoms with Gasteiger partial charge in [0, 0.05) is 30.3 Å². The highest BCUT2D eigenvalue weighted by atomic mass is 35.5. The van der Waals surface area contributed by atoms with Crippen molar-refractivity contribution in [3.63, 3.8) is 0 Å². The lowest BCUT2D eigenvalue weighted by molar-refractivity contribution is 0.203. The molecule has 184 valence electrons. The third-order valence-electron chi connectivity index (χ3n) is 6.10. The number of nitrogens with one attached hydrogen (secondary N) is 1. The maximum atomic E-state index is 9.73. The molecule has 1 aliphatic heterocycles. The van der Waals surface area contributed by atoms with Crippen LogP contribution in [0.3, 0.4) is 0 Å². The van der Waals surface area contributed by atoms with Gasteiger partial charge in [-0.3, -0.25) is 4.98 Å². The van der Waals surface area contributed by atoms with E-state index in [1.807, 2.05) is 12.1 Å². The number of pyridine rings is 1. The number of methoxy groups -OCH3 is 2. The van der Waals surface area contributed by atoms with E-state index in [1.54, 1.807) is 19.2 Å². The molecule has 0 radical (unpaired) electrons. The van der Waals surface area contributed by atoms with Crippen molar-refractivity contribution >= 4 is 45.5 Å². The van der Waals surface area contributed by atoms with Crippen LogP contribution in [0.15, 0.2) is 30.5 Å². The molecule has 1 N–H and O–H groups in total. The van der Waals surface area contributed by atoms with Crippen LogP contribution in [0, 0.1) is 11.3 Å². The summed E-state index contributed by atoms with van der Waals surface area (Å²) < 4.78 is 17.0. The Labute approximate surface area is 215 Å². The quantitative estimate of drug-likeness (QED) is 0.329. The second kappa shape index (κ2) is 11.7. The van der Waals surface area contributed by atoms with E-state index in [-0.39, 0.29) is 0 Å². The Morgan fingerprint density at radius 2 is 1.77 bits per heavy atom. The van der Waals surface area contributed by atoms with Crippen molar-refractivity contribution in [3.05, 3.63) is 46.1 Å². The van der Waals surface area contributed by atoms with Gasteiger partial charge in [-0.15, -0.1) is 0 Å². The fourth-order valence-electron chi connectivity index (χ4n) is 4.26. The van der Waals surface area contributed by atoms with Crippen LogP contribution < -0.4 is 19.5 Å². The average Bonchev–Trinajstić information content (AvgIpc) is 2.88. The fourth-order valence-corrected chi connectivity index (χ4v) is 4.77. The van der Waals surface area contributed by atoms with Crippen LogP contribution in [0.2, 0.25) is 10.0 Å². The van der Waals surface area contributed by atoms with E-state index in [0.717, 1.165) is 13.0 Å². The van der Waals surface area contributed by atoms with Crippen molar-refractivity contribution in [2.45, 2.75) is 25.7 Å². The lowest BCUT2D eigenvalue weighted by Crippen LogP contribution is -2.31. The number of benzene rings is 2. The van der Waals surface area contributed by atoms with Crippen molar-refractivity contribution in [3.8, 4) is 23.3 Å². The molecule has 2 heterocycles. The number of aromatic nitrogens is 1. The zero-order chi connectivity index (χ0) is 24.8. The number of hydrogen-bond acceptors (Lipinski definition) is 7. The summed E-state index contributed by atoms with van der Waals surface area (Å²) in [5.41, 5.74) is 2.13. The molecule has 1 aliphatic rings. The Morgan fingerprint density at radius 3 is 2.49 bits per heavy atom. The lowest BCUT2D eigenvalue weighted by Gasteiger charge is -2.26. The summed E-state index contributed by atoms with van der Waals surface area (Å²) in [6.45, 7) is 3.95. The van der Waals surface area contributed by atoms with Gasteiger partial charge in [0.25, 0.3) is 0 Å². The number of likely N-dealkylation sites (tertiary alicyclic amines) is 1. The van der Waals surface area contributed by atoms with Gasteiger partial charge in [-0.25, -0.2) is 0 Å². The number of nitrogens with zero attached hydrogens (tertiary/aromatic N) is 3. The van der Waals surface area contributed by atoms with Gasteiger partial charge >= 0.3 is 0 Å². The smallest absolute Gasteiger partial charge is 0.163 e. The lowest BCUT2D eigenvalue weighted by atomic mass is 10.1. The number of anilines is 2. The molecule has 7 nitrogen and oxygen atoms in total. The van der Waals surface area contributed by atoms with Crippen LogP contribution in [0.5, 0.6) is 17.2 Å². The molecule has 35 heavy (non-hydrogen) atoms. The van der Waals surface area contributed by atoms with Crippen molar-refractivity contribution in [2.75, 3.05) is 45.8 Å². The molecule has 0 spiro atoms. The summed E-state index contributed by atoms with van der Waals surface area (Å²) in [7, 11) is 3.12. The molecule has 0 bridgehead atoms. The Bertz CT molecular complexity index is 1240. The summed E-state index contributed by atoms with van der Waals surface area (Å²) >= 11 is 12.6. The van der Waals surface area contributed by atoms with Crippen molar-refractivity contribution < 1.29 is 14.2 Å². The van der Waals surface area contributed by atoms with Gasteiger partial charge in [0.15, 0.2) is 11.5 Å². The van der Waals surface area contributed by atoms with E-state index in [4.69, 9.17) is 37.4 Å². The molecular weight excluding hydrogens is 487 g/mol. The van der Waals surface area contributed by atoms with Crippen LogP contribution in [-0.2, 0) is 0 Å². The number of rotatable bonds is 9. The molecule has 0 saturated carbocycles. The molecule has 9 heteroatoms. The fraction of sp³-hybridized carbons (Fsp3) is 0.385. The average molecular weight is 515 g/mol. The number of piperidine rings is 1. The van der Waals surface area contributed by atoms with Gasteiger partial charge in [0.05, 0.1) is 53.3 Å². The highest BCUT2D eigenvalue weighted by molar-refractivity contribution is 6.37. The number of halogens is 2. The monoisotopic (exact) mass is 514 g/mol. The van der Waals surface area contributed by atoms with E-state index in [1.165, 1.54) is 45.7 Å². The predicted octanol–water partition coefficient (Wildman–Crippen LogP) is 6.43. The highest BCUT2D eigenvalue weighted by Gasteiger charge is 2.17. The molecule has 1 saturated heterocycles. The maximum Gasteiger partial charge on any atom is 0.163 e. The van der Waals surface area contributed by atoms with Gasteiger partial charge in [-0.1, -0.05) is 29.6 Å². The number of fused-ring (bicyclic) bond motifs is 1. The Hall–Kier alpha value is -2.92. The van der Waals surface area contributed by atoms with Crippen molar-refractivity contribution in [1.29, 1.82) is 5.26 Å². The minimum atomic E-state index is 0.361. The number of hydrogen-bond donors (Lipinski definition) is 1. The standard InChI is InChI=1S/C26H28Cl2N4O3/c1-33-23-14-22(19(27)12-20(23)28)31-26-17(15-29)16-30-21-13-25(24(34-2)11-18(21)26)35-10-6-9-32-7-4-3-5-8-32/h11-14,16H,3-10H2,1-2H3,(H,30,31). The molecule has 2 aromatic carbocycles. The van der Waals surface area contributed by atoms with Crippen molar-refractivity contribution in [1.82, 2.24) is 9.88 Å². The van der Waals surface area contributed by atoms with Gasteiger partial charge < -0.3 is 24.4 Å². The molecule has 4 rings (SSSR count). The van der Waals surface area contributed by atoms with Crippen molar-refractivity contribution in [2.24, 2.45) is 0 Å². The first-order chi connectivity index (χ1) is 17.0. The topological polar surface area (TPSA) is 79.6 Å². The highest BCUT2D eigenvalue weighted by Crippen LogP contribution is 2.40. The molecule has 3 aromatic rings. The van der Waals surface area contributed by atoms with Crippen LogP contribution in [0.4, 0.5) is 11.4 Å². The van der Waals surface area contributed by atoms with Crippen LogP contribution in [-0.4, -0.2) is 50.3 Å². The SMILES string of the molecule is COc1cc(Nc2c(C#N)cnc3cc(OCCCN4CCCCC4)c(OC)cc23)c(Cl)cc1Cl. The molecule has 1 fully saturated rings. The van der Waals surface area contributed by atoms with E-state index in [9.17, 15) is 5.26 Å². The third kappa shape index (κ3) is 5.84. The summed E-state index contributed by atoms with van der Waals surface area (Å²) in [6, 6.07) is 9.14. The molecule has 0 unspecified atom stereocenters. The molecule has 0 atom stereocenters. The Balaban J connectivity index is 1.60. The Kier molecular flexibility index (Phi) is 8.40. The van der Waals surface area contributed by atoms with Gasteiger partial charge in [0.1, 0.15) is 11.8 Å². The first-order valence-corrected chi connectivity index (χ1v) is 12.4. The number of nitriles is 1. The first-order valence-electron chi connectivity index (χ1n) is 11.6. The molecule has 0 amide bonds. The second-order valence-corrected chi connectivity index (χ2v) is 9.19. The first kappa shape index (κ1) is 25.2. The summed E-state index contributed by atoms with van der Waals surface area (Å²) in [5, 5.41) is 14.5. The minimum absolute atomic E-state index is 0.361. The normalized spacial score (nSPS) is 13.9. The van der Waals surface area contributed by atoms with Crippen LogP contribution in [0.25, 0.3) is 10.9 Å². The molecular formula is C26H28Cl2N4O3. The van der Waals surface area contributed by atoms with Crippen LogP contribution >= 0.6 is 23.2 Å². The van der Waals surface area contributed by atoms with Gasteiger partial charge in [0.2, 0.25) is 0 Å². The summed E-state index contributed by atoms with van der Waals surface area (Å²) in [5.74, 6) is 1.65. The molecule has 0 aliphatic carbocycles. The van der Waals surface area contributed by atoms with Gasteiger partial charge in [-0.05, 0) is 44.5 Å². The zero-order valence-corrected chi connectivity index (χ0v) is 21.4. The Morgan fingerprint density at radius 1 is 1.00 bits per heavy atom.